The minimum absolute atomic E-state index is 0.0300. The fourth-order valence-electron chi connectivity index (χ4n) is 1.32. The van der Waals surface area contributed by atoms with Crippen molar-refractivity contribution in [1.29, 1.82) is 0 Å². The zero-order valence-corrected chi connectivity index (χ0v) is 14.4. The van der Waals surface area contributed by atoms with E-state index in [1.54, 1.807) is 6.07 Å². The molecule has 5 nitrogen and oxygen atoms in total. The highest BCUT2D eigenvalue weighted by molar-refractivity contribution is 9.11. The molecule has 108 valence electrons. The molecular formula is C11H17BrN2O3S2. The van der Waals surface area contributed by atoms with E-state index in [2.05, 4.69) is 26.0 Å². The first kappa shape index (κ1) is 16.6. The van der Waals surface area contributed by atoms with E-state index in [-0.39, 0.29) is 16.2 Å². The summed E-state index contributed by atoms with van der Waals surface area (Å²) >= 11 is 4.41. The number of nitrogens with one attached hydrogen (secondary N) is 2. The Morgan fingerprint density at radius 3 is 2.37 bits per heavy atom. The van der Waals surface area contributed by atoms with E-state index >= 15 is 0 Å². The van der Waals surface area contributed by atoms with Gasteiger partial charge in [0, 0.05) is 6.04 Å². The summed E-state index contributed by atoms with van der Waals surface area (Å²) in [5.74, 6) is -0.342. The van der Waals surface area contributed by atoms with Gasteiger partial charge in [-0.2, -0.15) is 4.72 Å². The number of thiophene rings is 1. The van der Waals surface area contributed by atoms with Gasteiger partial charge in [0.2, 0.25) is 5.91 Å². The van der Waals surface area contributed by atoms with Gasteiger partial charge < -0.3 is 5.32 Å². The van der Waals surface area contributed by atoms with Crippen LogP contribution in [-0.4, -0.2) is 26.4 Å². The molecule has 0 saturated heterocycles. The summed E-state index contributed by atoms with van der Waals surface area (Å²) in [7, 11) is -3.66. The number of carbonyl (C=O) groups is 1. The molecule has 8 heteroatoms. The number of rotatable bonds is 5. The van der Waals surface area contributed by atoms with Crippen molar-refractivity contribution in [2.24, 2.45) is 0 Å². The number of hydrogen-bond acceptors (Lipinski definition) is 4. The molecule has 1 atom stereocenters. The molecule has 19 heavy (non-hydrogen) atoms. The molecule has 0 radical (unpaired) electrons. The summed E-state index contributed by atoms with van der Waals surface area (Å²) in [5.41, 5.74) is 0.852. The summed E-state index contributed by atoms with van der Waals surface area (Å²) in [5, 5.41) is 2.66. The lowest BCUT2D eigenvalue weighted by molar-refractivity contribution is -0.122. The average Bonchev–Trinajstić information content (AvgIpc) is 2.58. The maximum Gasteiger partial charge on any atom is 0.250 e. The molecular weight excluding hydrogens is 352 g/mol. The molecule has 0 fully saturated rings. The number of sulfonamides is 1. The third-order valence-electron chi connectivity index (χ3n) is 2.26. The summed E-state index contributed by atoms with van der Waals surface area (Å²) in [6, 6.07) is 0.732. The lowest BCUT2D eigenvalue weighted by atomic mass is 10.3. The van der Waals surface area contributed by atoms with Crippen molar-refractivity contribution in [1.82, 2.24) is 10.0 Å². The Morgan fingerprint density at radius 1 is 1.37 bits per heavy atom. The van der Waals surface area contributed by atoms with E-state index in [1.165, 1.54) is 6.92 Å². The van der Waals surface area contributed by atoms with Crippen LogP contribution in [0.2, 0.25) is 0 Å². The van der Waals surface area contributed by atoms with Gasteiger partial charge in [0.25, 0.3) is 10.0 Å². The zero-order chi connectivity index (χ0) is 14.8. The smallest absolute Gasteiger partial charge is 0.250 e. The predicted octanol–water partition coefficient (Wildman–Crippen LogP) is 2.01. The van der Waals surface area contributed by atoms with Crippen molar-refractivity contribution >= 4 is 43.2 Å². The van der Waals surface area contributed by atoms with Crippen LogP contribution in [0, 0.1) is 6.92 Å². The first-order valence-electron chi connectivity index (χ1n) is 5.72. The second-order valence-electron chi connectivity index (χ2n) is 4.53. The van der Waals surface area contributed by atoms with E-state index in [0.717, 1.165) is 20.7 Å². The second-order valence-corrected chi connectivity index (χ2v) is 8.84. The van der Waals surface area contributed by atoms with Gasteiger partial charge in [-0.05, 0) is 55.3 Å². The lowest BCUT2D eigenvalue weighted by Crippen LogP contribution is -2.46. The maximum absolute atomic E-state index is 12.1. The molecule has 0 aliphatic heterocycles. The Morgan fingerprint density at radius 2 is 1.95 bits per heavy atom. The zero-order valence-electron chi connectivity index (χ0n) is 11.2. The van der Waals surface area contributed by atoms with Crippen LogP contribution in [0.15, 0.2) is 14.1 Å². The average molecular weight is 369 g/mol. The van der Waals surface area contributed by atoms with Crippen molar-refractivity contribution in [3.05, 3.63) is 15.4 Å². The molecule has 1 rings (SSSR count). The summed E-state index contributed by atoms with van der Waals surface area (Å²) in [4.78, 5) is 11.7. The van der Waals surface area contributed by atoms with E-state index < -0.39 is 16.1 Å². The fourth-order valence-corrected chi connectivity index (χ4v) is 4.76. The van der Waals surface area contributed by atoms with Gasteiger partial charge in [0.05, 0.1) is 9.83 Å². The van der Waals surface area contributed by atoms with Crippen molar-refractivity contribution in [2.75, 3.05) is 0 Å². The fraction of sp³-hybridized carbons (Fsp3) is 0.545. The summed E-state index contributed by atoms with van der Waals surface area (Å²) in [6.07, 6.45) is 0. The molecule has 1 heterocycles. The molecule has 0 aliphatic carbocycles. The Kier molecular flexibility index (Phi) is 5.54. The summed E-state index contributed by atoms with van der Waals surface area (Å²) < 4.78 is 27.5. The second kappa shape index (κ2) is 6.34. The molecule has 0 aliphatic rings. The minimum atomic E-state index is -3.66. The van der Waals surface area contributed by atoms with Gasteiger partial charge in [0.15, 0.2) is 0 Å². The van der Waals surface area contributed by atoms with Crippen LogP contribution in [-0.2, 0) is 14.8 Å². The van der Waals surface area contributed by atoms with Crippen LogP contribution >= 0.6 is 27.3 Å². The van der Waals surface area contributed by atoms with Gasteiger partial charge in [-0.1, -0.05) is 0 Å². The van der Waals surface area contributed by atoms with E-state index in [1.807, 2.05) is 20.8 Å². The Labute approximate surface area is 126 Å². The minimum Gasteiger partial charge on any atom is -0.353 e. The van der Waals surface area contributed by atoms with Gasteiger partial charge >= 0.3 is 0 Å². The lowest BCUT2D eigenvalue weighted by Gasteiger charge is -2.15. The standard InChI is InChI=1S/C11H17BrN2O3S2/c1-6(2)13-11(15)8(4)14-19(16,17)9-5-7(3)10(12)18-9/h5-6,8,14H,1-4H3,(H,13,15). The Balaban J connectivity index is 2.83. The molecule has 0 spiro atoms. The maximum atomic E-state index is 12.1. The van der Waals surface area contributed by atoms with Crippen LogP contribution in [0.5, 0.6) is 0 Å². The van der Waals surface area contributed by atoms with Gasteiger partial charge in [-0.25, -0.2) is 8.42 Å². The number of amides is 1. The molecule has 0 saturated carbocycles. The molecule has 0 bridgehead atoms. The number of halogens is 1. The monoisotopic (exact) mass is 368 g/mol. The van der Waals surface area contributed by atoms with Crippen molar-refractivity contribution in [3.8, 4) is 0 Å². The highest BCUT2D eigenvalue weighted by Gasteiger charge is 2.24. The Hall–Kier alpha value is -0.440. The predicted molar refractivity (Wildman–Crippen MR) is 79.8 cm³/mol. The number of aryl methyl sites for hydroxylation is 1. The van der Waals surface area contributed by atoms with Crippen LogP contribution in [0.3, 0.4) is 0 Å². The third kappa shape index (κ3) is 4.55. The highest BCUT2D eigenvalue weighted by atomic mass is 79.9. The van der Waals surface area contributed by atoms with E-state index in [0.29, 0.717) is 0 Å². The van der Waals surface area contributed by atoms with Gasteiger partial charge in [-0.15, -0.1) is 11.3 Å². The largest absolute Gasteiger partial charge is 0.353 e. The van der Waals surface area contributed by atoms with Crippen molar-refractivity contribution in [3.63, 3.8) is 0 Å². The SMILES string of the molecule is Cc1cc(S(=O)(=O)NC(C)C(=O)NC(C)C)sc1Br. The van der Waals surface area contributed by atoms with Crippen LogP contribution in [0.25, 0.3) is 0 Å². The molecule has 1 aromatic rings. The highest BCUT2D eigenvalue weighted by Crippen LogP contribution is 2.30. The first-order valence-corrected chi connectivity index (χ1v) is 8.81. The van der Waals surface area contributed by atoms with Gasteiger partial charge in [-0.3, -0.25) is 4.79 Å². The topological polar surface area (TPSA) is 75.3 Å². The quantitative estimate of drug-likeness (QED) is 0.834. The van der Waals surface area contributed by atoms with Crippen LogP contribution < -0.4 is 10.0 Å². The number of hydrogen-bond donors (Lipinski definition) is 2. The Bertz CT molecular complexity index is 547. The van der Waals surface area contributed by atoms with Crippen LogP contribution in [0.4, 0.5) is 0 Å². The molecule has 2 N–H and O–H groups in total. The van der Waals surface area contributed by atoms with Gasteiger partial charge in [0.1, 0.15) is 4.21 Å². The van der Waals surface area contributed by atoms with E-state index in [9.17, 15) is 13.2 Å². The first-order chi connectivity index (χ1) is 8.63. The molecule has 0 aromatic carbocycles. The van der Waals surface area contributed by atoms with E-state index in [4.69, 9.17) is 0 Å². The summed E-state index contributed by atoms with van der Waals surface area (Å²) in [6.45, 7) is 6.97. The number of carbonyl (C=O) groups excluding carboxylic acids is 1. The van der Waals surface area contributed by atoms with Crippen molar-refractivity contribution in [2.45, 2.75) is 44.0 Å². The van der Waals surface area contributed by atoms with Crippen molar-refractivity contribution < 1.29 is 13.2 Å². The third-order valence-corrected chi connectivity index (χ3v) is 6.41. The normalized spacial score (nSPS) is 13.6. The molecule has 1 unspecified atom stereocenters. The molecule has 1 aromatic heterocycles. The molecule has 1 amide bonds. The van der Waals surface area contributed by atoms with Crippen LogP contribution in [0.1, 0.15) is 26.3 Å².